The molecule has 0 bridgehead atoms. The maximum atomic E-state index is 12.7. The van der Waals surface area contributed by atoms with Crippen LogP contribution in [0.3, 0.4) is 0 Å². The summed E-state index contributed by atoms with van der Waals surface area (Å²) in [5.74, 6) is 1.14. The minimum Gasteiger partial charge on any atom is -0.329 e. The molecule has 20 heavy (non-hydrogen) atoms. The van der Waals surface area contributed by atoms with Crippen LogP contribution in [-0.2, 0) is 9.59 Å². The van der Waals surface area contributed by atoms with Crippen molar-refractivity contribution in [3.8, 4) is 0 Å². The molecule has 0 radical (unpaired) electrons. The van der Waals surface area contributed by atoms with Crippen LogP contribution < -0.4 is 0 Å². The van der Waals surface area contributed by atoms with Gasteiger partial charge in [-0.3, -0.25) is 9.59 Å². The van der Waals surface area contributed by atoms with Crippen molar-refractivity contribution in [1.82, 2.24) is 9.80 Å². The van der Waals surface area contributed by atoms with E-state index < -0.39 is 0 Å². The highest BCUT2D eigenvalue weighted by molar-refractivity contribution is 5.95. The molecule has 3 rings (SSSR count). The van der Waals surface area contributed by atoms with Crippen LogP contribution in [0, 0.1) is 5.92 Å². The topological polar surface area (TPSA) is 40.6 Å². The average Bonchev–Trinajstić information content (AvgIpc) is 2.51. The minimum atomic E-state index is -0.146. The lowest BCUT2D eigenvalue weighted by atomic mass is 9.82. The molecule has 4 heteroatoms. The summed E-state index contributed by atoms with van der Waals surface area (Å²) in [6.07, 6.45) is 8.87. The zero-order chi connectivity index (χ0) is 14.1. The van der Waals surface area contributed by atoms with Crippen LogP contribution in [0.25, 0.3) is 0 Å². The van der Waals surface area contributed by atoms with Gasteiger partial charge in [0.25, 0.3) is 0 Å². The van der Waals surface area contributed by atoms with Gasteiger partial charge in [-0.05, 0) is 38.0 Å². The molecule has 112 valence electrons. The quantitative estimate of drug-likeness (QED) is 0.777. The maximum absolute atomic E-state index is 12.7. The van der Waals surface area contributed by atoms with Crippen LogP contribution in [-0.4, -0.2) is 46.8 Å². The van der Waals surface area contributed by atoms with Gasteiger partial charge in [0.05, 0.1) is 0 Å². The molecule has 0 aromatic heterocycles. The van der Waals surface area contributed by atoms with Crippen molar-refractivity contribution in [2.24, 2.45) is 5.92 Å². The Balaban J connectivity index is 1.73. The standard InChI is InChI=1S/C16H26N2O2/c1-2-12-6-5-7-13(10-12)18-11-15(19)17-9-4-3-8-14(17)16(18)20/h12-14H,2-11H2,1H3. The monoisotopic (exact) mass is 278 g/mol. The molecule has 3 unspecified atom stereocenters. The summed E-state index contributed by atoms with van der Waals surface area (Å²) in [6, 6.07) is 0.168. The minimum absolute atomic E-state index is 0.146. The maximum Gasteiger partial charge on any atom is 0.246 e. The van der Waals surface area contributed by atoms with E-state index in [-0.39, 0.29) is 17.9 Å². The Kier molecular flexibility index (Phi) is 3.99. The first-order valence-electron chi connectivity index (χ1n) is 8.30. The molecule has 3 aliphatic rings. The summed E-state index contributed by atoms with van der Waals surface area (Å²) in [4.78, 5) is 28.8. The number of hydrogen-bond acceptors (Lipinski definition) is 2. The van der Waals surface area contributed by atoms with E-state index in [1.165, 1.54) is 19.3 Å². The second kappa shape index (κ2) is 5.74. The highest BCUT2D eigenvalue weighted by atomic mass is 16.2. The van der Waals surface area contributed by atoms with Crippen LogP contribution in [0.4, 0.5) is 0 Å². The van der Waals surface area contributed by atoms with E-state index in [1.807, 2.05) is 9.80 Å². The summed E-state index contributed by atoms with van der Waals surface area (Å²) in [5.41, 5.74) is 0. The predicted octanol–water partition coefficient (Wildman–Crippen LogP) is 2.18. The van der Waals surface area contributed by atoms with Gasteiger partial charge in [0.15, 0.2) is 0 Å². The fourth-order valence-corrected chi connectivity index (χ4v) is 4.22. The van der Waals surface area contributed by atoms with Crippen LogP contribution in [0.15, 0.2) is 0 Å². The normalized spacial score (nSPS) is 35.1. The van der Waals surface area contributed by atoms with Crippen molar-refractivity contribution < 1.29 is 9.59 Å². The first-order valence-corrected chi connectivity index (χ1v) is 8.30. The Labute approximate surface area is 121 Å². The molecule has 2 saturated heterocycles. The molecule has 3 fully saturated rings. The molecule has 1 saturated carbocycles. The third-order valence-corrected chi connectivity index (χ3v) is 5.47. The number of amides is 2. The van der Waals surface area contributed by atoms with E-state index in [4.69, 9.17) is 0 Å². The summed E-state index contributed by atoms with van der Waals surface area (Å²) in [7, 11) is 0. The highest BCUT2D eigenvalue weighted by Gasteiger charge is 2.43. The molecule has 2 heterocycles. The molecule has 2 aliphatic heterocycles. The van der Waals surface area contributed by atoms with E-state index >= 15 is 0 Å². The van der Waals surface area contributed by atoms with Crippen LogP contribution >= 0.6 is 0 Å². The van der Waals surface area contributed by atoms with Crippen molar-refractivity contribution in [2.75, 3.05) is 13.1 Å². The van der Waals surface area contributed by atoms with E-state index in [0.29, 0.717) is 12.6 Å². The Morgan fingerprint density at radius 2 is 1.90 bits per heavy atom. The molecule has 1 aliphatic carbocycles. The SMILES string of the molecule is CCC1CCCC(N2CC(=O)N3CCCCC3C2=O)C1. The number of nitrogens with zero attached hydrogens (tertiary/aromatic N) is 2. The molecule has 0 N–H and O–H groups in total. The molecule has 0 aromatic rings. The summed E-state index contributed by atoms with van der Waals surface area (Å²) < 4.78 is 0. The zero-order valence-electron chi connectivity index (χ0n) is 12.5. The molecular weight excluding hydrogens is 252 g/mol. The van der Waals surface area contributed by atoms with Gasteiger partial charge in [0, 0.05) is 12.6 Å². The Hall–Kier alpha value is -1.06. The van der Waals surface area contributed by atoms with Crippen molar-refractivity contribution in [3.05, 3.63) is 0 Å². The van der Waals surface area contributed by atoms with E-state index in [0.717, 1.165) is 44.6 Å². The fraction of sp³-hybridized carbons (Fsp3) is 0.875. The van der Waals surface area contributed by atoms with Gasteiger partial charge in [-0.2, -0.15) is 0 Å². The Morgan fingerprint density at radius 1 is 1.05 bits per heavy atom. The number of fused-ring (bicyclic) bond motifs is 1. The Bertz CT molecular complexity index is 396. The second-order valence-corrected chi connectivity index (χ2v) is 6.66. The van der Waals surface area contributed by atoms with Crippen molar-refractivity contribution >= 4 is 11.8 Å². The number of piperazine rings is 1. The van der Waals surface area contributed by atoms with Gasteiger partial charge in [-0.25, -0.2) is 0 Å². The molecule has 0 aromatic carbocycles. The highest BCUT2D eigenvalue weighted by Crippen LogP contribution is 2.32. The smallest absolute Gasteiger partial charge is 0.246 e. The molecule has 3 atom stereocenters. The summed E-state index contributed by atoms with van der Waals surface area (Å²) >= 11 is 0. The lowest BCUT2D eigenvalue weighted by Gasteiger charge is -2.46. The van der Waals surface area contributed by atoms with Gasteiger partial charge < -0.3 is 9.80 Å². The largest absolute Gasteiger partial charge is 0.329 e. The molecule has 0 spiro atoms. The number of carbonyl (C=O) groups is 2. The van der Waals surface area contributed by atoms with Crippen molar-refractivity contribution in [2.45, 2.75) is 70.4 Å². The van der Waals surface area contributed by atoms with Gasteiger partial charge in [0.2, 0.25) is 11.8 Å². The lowest BCUT2D eigenvalue weighted by molar-refractivity contribution is -0.161. The van der Waals surface area contributed by atoms with Gasteiger partial charge in [-0.15, -0.1) is 0 Å². The van der Waals surface area contributed by atoms with Crippen LogP contribution in [0.5, 0.6) is 0 Å². The molecule has 4 nitrogen and oxygen atoms in total. The Morgan fingerprint density at radius 3 is 2.70 bits per heavy atom. The number of piperidine rings is 1. The van der Waals surface area contributed by atoms with Crippen LogP contribution in [0.1, 0.15) is 58.3 Å². The summed E-state index contributed by atoms with van der Waals surface area (Å²) in [5, 5.41) is 0. The third kappa shape index (κ3) is 2.45. The van der Waals surface area contributed by atoms with Gasteiger partial charge in [-0.1, -0.05) is 26.2 Å². The molecule has 2 amide bonds. The first kappa shape index (κ1) is 13.9. The fourth-order valence-electron chi connectivity index (χ4n) is 4.22. The average molecular weight is 278 g/mol. The van der Waals surface area contributed by atoms with Gasteiger partial charge in [0.1, 0.15) is 12.6 Å². The number of carbonyl (C=O) groups excluding carboxylic acids is 2. The van der Waals surface area contributed by atoms with Crippen molar-refractivity contribution in [3.63, 3.8) is 0 Å². The molecular formula is C16H26N2O2. The zero-order valence-corrected chi connectivity index (χ0v) is 12.5. The van der Waals surface area contributed by atoms with E-state index in [1.54, 1.807) is 0 Å². The van der Waals surface area contributed by atoms with Crippen molar-refractivity contribution in [1.29, 1.82) is 0 Å². The predicted molar refractivity (Wildman–Crippen MR) is 77.1 cm³/mol. The third-order valence-electron chi connectivity index (χ3n) is 5.47. The van der Waals surface area contributed by atoms with Crippen LogP contribution in [0.2, 0.25) is 0 Å². The first-order chi connectivity index (χ1) is 9.70. The summed E-state index contributed by atoms with van der Waals surface area (Å²) in [6.45, 7) is 3.35. The number of hydrogen-bond donors (Lipinski definition) is 0. The lowest BCUT2D eigenvalue weighted by Crippen LogP contribution is -2.63. The number of rotatable bonds is 2. The van der Waals surface area contributed by atoms with Gasteiger partial charge >= 0.3 is 0 Å². The van der Waals surface area contributed by atoms with E-state index in [9.17, 15) is 9.59 Å². The van der Waals surface area contributed by atoms with E-state index in [2.05, 4.69) is 6.92 Å². The second-order valence-electron chi connectivity index (χ2n) is 6.66.